The standard InChI is InChI=1S/C14H12ClN3O3S/c1-22(20,21)16-11-7-10(15)8-12(9-11)18-6-5-17-4-2-3-13(17)14(18)19/h2-9,16H,1H3. The van der Waals surface area contributed by atoms with E-state index in [9.17, 15) is 13.2 Å². The highest BCUT2D eigenvalue weighted by atomic mass is 35.5. The summed E-state index contributed by atoms with van der Waals surface area (Å²) in [7, 11) is -3.43. The molecule has 0 aliphatic rings. The summed E-state index contributed by atoms with van der Waals surface area (Å²) in [6.07, 6.45) is 6.16. The number of fused-ring (bicyclic) bond motifs is 1. The Hall–Kier alpha value is -2.25. The first kappa shape index (κ1) is 14.7. The molecule has 3 aromatic rings. The Morgan fingerprint density at radius 3 is 2.64 bits per heavy atom. The van der Waals surface area contributed by atoms with Crippen LogP contribution in [0.3, 0.4) is 0 Å². The minimum atomic E-state index is -3.43. The maximum absolute atomic E-state index is 12.5. The van der Waals surface area contributed by atoms with E-state index < -0.39 is 10.0 Å². The fourth-order valence-electron chi connectivity index (χ4n) is 2.22. The van der Waals surface area contributed by atoms with Crippen LogP contribution in [-0.4, -0.2) is 23.6 Å². The molecule has 0 aliphatic heterocycles. The lowest BCUT2D eigenvalue weighted by atomic mass is 10.2. The summed E-state index contributed by atoms with van der Waals surface area (Å²) in [6, 6.07) is 8.10. The Labute approximate surface area is 131 Å². The Kier molecular flexibility index (Phi) is 3.46. The predicted molar refractivity (Wildman–Crippen MR) is 86.5 cm³/mol. The predicted octanol–water partition coefficient (Wildman–Crippen LogP) is 2.12. The molecule has 0 atom stereocenters. The quantitative estimate of drug-likeness (QED) is 0.795. The van der Waals surface area contributed by atoms with E-state index in [1.54, 1.807) is 47.3 Å². The van der Waals surface area contributed by atoms with Gasteiger partial charge in [0.05, 0.1) is 17.6 Å². The molecule has 0 saturated carbocycles. The van der Waals surface area contributed by atoms with Crippen LogP contribution in [0.4, 0.5) is 5.69 Å². The first-order valence-electron chi connectivity index (χ1n) is 6.30. The molecule has 6 nitrogen and oxygen atoms in total. The van der Waals surface area contributed by atoms with Crippen molar-refractivity contribution in [3.05, 3.63) is 64.3 Å². The van der Waals surface area contributed by atoms with E-state index in [0.29, 0.717) is 21.9 Å². The van der Waals surface area contributed by atoms with E-state index in [-0.39, 0.29) is 5.56 Å². The van der Waals surface area contributed by atoms with Crippen molar-refractivity contribution < 1.29 is 8.42 Å². The van der Waals surface area contributed by atoms with Gasteiger partial charge in [-0.2, -0.15) is 0 Å². The molecule has 8 heteroatoms. The maximum atomic E-state index is 12.5. The first-order valence-corrected chi connectivity index (χ1v) is 8.57. The molecule has 0 radical (unpaired) electrons. The molecule has 0 aliphatic carbocycles. The summed E-state index contributed by atoms with van der Waals surface area (Å²) < 4.78 is 28.2. The third-order valence-corrected chi connectivity index (χ3v) is 3.88. The minimum absolute atomic E-state index is 0.222. The number of hydrogen-bond donors (Lipinski definition) is 1. The summed E-state index contributed by atoms with van der Waals surface area (Å²) in [4.78, 5) is 12.5. The Bertz CT molecular complexity index is 1020. The molecule has 0 spiro atoms. The van der Waals surface area contributed by atoms with Crippen molar-refractivity contribution in [3.8, 4) is 5.69 Å². The van der Waals surface area contributed by atoms with Crippen molar-refractivity contribution in [2.45, 2.75) is 0 Å². The Morgan fingerprint density at radius 1 is 1.14 bits per heavy atom. The Balaban J connectivity index is 2.18. The normalized spacial score (nSPS) is 11.7. The van der Waals surface area contributed by atoms with Crippen LogP contribution in [0.2, 0.25) is 5.02 Å². The average molecular weight is 338 g/mol. The lowest BCUT2D eigenvalue weighted by Gasteiger charge is -2.10. The third kappa shape index (κ3) is 2.86. The molecule has 0 amide bonds. The molecule has 1 N–H and O–H groups in total. The fourth-order valence-corrected chi connectivity index (χ4v) is 3.00. The highest BCUT2D eigenvalue weighted by Gasteiger charge is 2.09. The molecule has 0 fully saturated rings. The monoisotopic (exact) mass is 337 g/mol. The van der Waals surface area contributed by atoms with Crippen LogP contribution in [-0.2, 0) is 10.0 Å². The summed E-state index contributed by atoms with van der Waals surface area (Å²) >= 11 is 6.02. The number of hydrogen-bond acceptors (Lipinski definition) is 3. The van der Waals surface area contributed by atoms with Crippen molar-refractivity contribution in [1.82, 2.24) is 8.97 Å². The van der Waals surface area contributed by atoms with Crippen molar-refractivity contribution >= 4 is 32.8 Å². The van der Waals surface area contributed by atoms with Crippen LogP contribution in [0.25, 0.3) is 11.2 Å². The molecule has 0 bridgehead atoms. The number of nitrogens with one attached hydrogen (secondary N) is 1. The van der Waals surface area contributed by atoms with Crippen LogP contribution in [0, 0.1) is 0 Å². The van der Waals surface area contributed by atoms with Crippen LogP contribution in [0.15, 0.2) is 53.7 Å². The SMILES string of the molecule is CS(=O)(=O)Nc1cc(Cl)cc(-n2ccn3cccc3c2=O)c1. The van der Waals surface area contributed by atoms with Gasteiger partial charge in [-0.25, -0.2) is 8.42 Å². The van der Waals surface area contributed by atoms with Gasteiger partial charge in [-0.05, 0) is 30.3 Å². The zero-order valence-electron chi connectivity index (χ0n) is 11.5. The van der Waals surface area contributed by atoms with E-state index >= 15 is 0 Å². The second kappa shape index (κ2) is 5.19. The third-order valence-electron chi connectivity index (χ3n) is 3.06. The largest absolute Gasteiger partial charge is 0.318 e. The fraction of sp³-hybridized carbons (Fsp3) is 0.0714. The molecule has 22 heavy (non-hydrogen) atoms. The van der Waals surface area contributed by atoms with E-state index in [1.807, 2.05) is 0 Å². The molecule has 0 unspecified atom stereocenters. The topological polar surface area (TPSA) is 72.6 Å². The van der Waals surface area contributed by atoms with Crippen LogP contribution in [0.5, 0.6) is 0 Å². The van der Waals surface area contributed by atoms with Crippen molar-refractivity contribution in [1.29, 1.82) is 0 Å². The molecular weight excluding hydrogens is 326 g/mol. The zero-order valence-corrected chi connectivity index (χ0v) is 13.1. The van der Waals surface area contributed by atoms with Crippen LogP contribution in [0.1, 0.15) is 0 Å². The first-order chi connectivity index (χ1) is 10.3. The minimum Gasteiger partial charge on any atom is -0.318 e. The maximum Gasteiger partial charge on any atom is 0.279 e. The summed E-state index contributed by atoms with van der Waals surface area (Å²) in [5, 5.41) is 0.325. The number of nitrogens with zero attached hydrogens (tertiary/aromatic N) is 2. The van der Waals surface area contributed by atoms with E-state index in [2.05, 4.69) is 4.72 Å². The van der Waals surface area contributed by atoms with Gasteiger partial charge in [-0.3, -0.25) is 14.1 Å². The smallest absolute Gasteiger partial charge is 0.279 e. The van der Waals surface area contributed by atoms with Gasteiger partial charge in [0.2, 0.25) is 10.0 Å². The van der Waals surface area contributed by atoms with E-state index in [4.69, 9.17) is 11.6 Å². The number of rotatable bonds is 3. The van der Waals surface area contributed by atoms with Gasteiger partial charge in [-0.15, -0.1) is 0 Å². The highest BCUT2D eigenvalue weighted by Crippen LogP contribution is 2.22. The highest BCUT2D eigenvalue weighted by molar-refractivity contribution is 7.92. The molecule has 2 aromatic heterocycles. The number of benzene rings is 1. The van der Waals surface area contributed by atoms with Crippen molar-refractivity contribution in [3.63, 3.8) is 0 Å². The summed E-state index contributed by atoms with van der Waals surface area (Å²) in [6.45, 7) is 0. The molecule has 3 rings (SSSR count). The van der Waals surface area contributed by atoms with Crippen molar-refractivity contribution in [2.75, 3.05) is 11.0 Å². The number of halogens is 1. The molecule has 1 aromatic carbocycles. The van der Waals surface area contributed by atoms with Crippen molar-refractivity contribution in [2.24, 2.45) is 0 Å². The van der Waals surface area contributed by atoms with E-state index in [1.165, 1.54) is 10.6 Å². The molecule has 2 heterocycles. The Morgan fingerprint density at radius 2 is 1.91 bits per heavy atom. The lowest BCUT2D eigenvalue weighted by molar-refractivity contribution is 0.607. The van der Waals surface area contributed by atoms with Gasteiger partial charge in [0.25, 0.3) is 5.56 Å². The van der Waals surface area contributed by atoms with Gasteiger partial charge in [0, 0.05) is 23.6 Å². The molecular formula is C14H12ClN3O3S. The second-order valence-corrected chi connectivity index (χ2v) is 7.03. The molecule has 0 saturated heterocycles. The van der Waals surface area contributed by atoms with E-state index in [0.717, 1.165) is 6.26 Å². The molecule has 114 valence electrons. The van der Waals surface area contributed by atoms with Gasteiger partial charge >= 0.3 is 0 Å². The average Bonchev–Trinajstić information content (AvgIpc) is 2.85. The summed E-state index contributed by atoms with van der Waals surface area (Å²) in [5.41, 5.74) is 1.07. The van der Waals surface area contributed by atoms with Gasteiger partial charge in [-0.1, -0.05) is 11.6 Å². The second-order valence-electron chi connectivity index (χ2n) is 4.85. The lowest BCUT2D eigenvalue weighted by Crippen LogP contribution is -2.19. The van der Waals surface area contributed by atoms with Gasteiger partial charge in [0.1, 0.15) is 5.52 Å². The van der Waals surface area contributed by atoms with Gasteiger partial charge < -0.3 is 4.40 Å². The number of sulfonamides is 1. The van der Waals surface area contributed by atoms with Gasteiger partial charge in [0.15, 0.2) is 0 Å². The number of aromatic nitrogens is 2. The van der Waals surface area contributed by atoms with Crippen LogP contribution < -0.4 is 10.3 Å². The van der Waals surface area contributed by atoms with Crippen LogP contribution >= 0.6 is 11.6 Å². The summed E-state index contributed by atoms with van der Waals surface area (Å²) in [5.74, 6) is 0. The zero-order chi connectivity index (χ0) is 15.9. The number of anilines is 1.